The van der Waals surface area contributed by atoms with Gasteiger partial charge in [-0.3, -0.25) is 4.79 Å². The fraction of sp³-hybridized carbons (Fsp3) is 0.0952. The summed E-state index contributed by atoms with van der Waals surface area (Å²) in [5, 5.41) is 0. The Morgan fingerprint density at radius 3 is 2.54 bits per heavy atom. The monoisotopic (exact) mass is 334 g/mol. The molecule has 2 aromatic carbocycles. The number of hydrogen-bond acceptors (Lipinski definition) is 3. The lowest BCUT2D eigenvalue weighted by Crippen LogP contribution is -1.90. The largest absolute Gasteiger partial charge is 0.496 e. The van der Waals surface area contributed by atoms with Gasteiger partial charge in [-0.15, -0.1) is 11.3 Å². The standard InChI is InChI=1S/C21H18O2S/c1-23-20-10-6-5-9-17(20)11-13-19(22)21-14-12-18(24-21)15-16-7-3-2-4-8-16/h2-14H,15H2,1H3/b13-11+. The van der Waals surface area contributed by atoms with Crippen molar-refractivity contribution in [2.24, 2.45) is 0 Å². The third-order valence-electron chi connectivity index (χ3n) is 3.68. The number of ketones is 1. The summed E-state index contributed by atoms with van der Waals surface area (Å²) < 4.78 is 5.29. The lowest BCUT2D eigenvalue weighted by atomic mass is 10.1. The quantitative estimate of drug-likeness (QED) is 0.455. The van der Waals surface area contributed by atoms with E-state index < -0.39 is 0 Å². The summed E-state index contributed by atoms with van der Waals surface area (Å²) >= 11 is 1.55. The Bertz CT molecular complexity index is 847. The highest BCUT2D eigenvalue weighted by Gasteiger charge is 2.07. The van der Waals surface area contributed by atoms with Gasteiger partial charge in [0.15, 0.2) is 5.78 Å². The number of hydrogen-bond donors (Lipinski definition) is 0. The van der Waals surface area contributed by atoms with Crippen LogP contribution in [0, 0.1) is 0 Å². The molecule has 0 saturated heterocycles. The van der Waals surface area contributed by atoms with Gasteiger partial charge in [0.05, 0.1) is 12.0 Å². The third kappa shape index (κ3) is 4.00. The molecule has 120 valence electrons. The molecule has 0 aliphatic carbocycles. The first kappa shape index (κ1) is 16.2. The summed E-state index contributed by atoms with van der Waals surface area (Å²) in [5.74, 6) is 0.780. The van der Waals surface area contributed by atoms with E-state index in [1.165, 1.54) is 10.4 Å². The van der Waals surface area contributed by atoms with E-state index in [0.29, 0.717) is 0 Å². The van der Waals surface area contributed by atoms with E-state index in [2.05, 4.69) is 12.1 Å². The number of ether oxygens (including phenoxy) is 1. The molecule has 0 saturated carbocycles. The maximum Gasteiger partial charge on any atom is 0.195 e. The molecule has 3 aromatic rings. The minimum absolute atomic E-state index is 0.0187. The fourth-order valence-electron chi connectivity index (χ4n) is 2.45. The van der Waals surface area contributed by atoms with E-state index in [-0.39, 0.29) is 5.78 Å². The van der Waals surface area contributed by atoms with Crippen LogP contribution in [0.3, 0.4) is 0 Å². The van der Waals surface area contributed by atoms with Gasteiger partial charge < -0.3 is 4.74 Å². The molecule has 0 atom stereocenters. The van der Waals surface area contributed by atoms with Gasteiger partial charge in [-0.25, -0.2) is 0 Å². The van der Waals surface area contributed by atoms with Crippen LogP contribution in [0.5, 0.6) is 5.75 Å². The number of thiophene rings is 1. The average Bonchev–Trinajstić information content (AvgIpc) is 3.09. The van der Waals surface area contributed by atoms with Gasteiger partial charge in [0.25, 0.3) is 0 Å². The Labute approximate surface area is 146 Å². The van der Waals surface area contributed by atoms with Crippen LogP contribution in [0.2, 0.25) is 0 Å². The number of benzene rings is 2. The van der Waals surface area contributed by atoms with E-state index >= 15 is 0 Å². The van der Waals surface area contributed by atoms with Crippen LogP contribution in [0.4, 0.5) is 0 Å². The lowest BCUT2D eigenvalue weighted by Gasteiger charge is -2.02. The molecule has 2 nitrogen and oxygen atoms in total. The Balaban J connectivity index is 1.71. The summed E-state index contributed by atoms with van der Waals surface area (Å²) in [6, 6.07) is 21.9. The molecule has 24 heavy (non-hydrogen) atoms. The highest BCUT2D eigenvalue weighted by molar-refractivity contribution is 7.14. The predicted molar refractivity (Wildman–Crippen MR) is 99.9 cm³/mol. The second-order valence-corrected chi connectivity index (χ2v) is 6.54. The zero-order valence-electron chi connectivity index (χ0n) is 13.4. The van der Waals surface area contributed by atoms with Gasteiger partial charge in [-0.2, -0.15) is 0 Å². The maximum atomic E-state index is 12.4. The molecule has 0 aliphatic rings. The van der Waals surface area contributed by atoms with Crippen molar-refractivity contribution in [1.82, 2.24) is 0 Å². The number of methoxy groups -OCH3 is 1. The fourth-order valence-corrected chi connectivity index (χ4v) is 3.42. The molecular weight excluding hydrogens is 316 g/mol. The number of carbonyl (C=O) groups excluding carboxylic acids is 1. The van der Waals surface area contributed by atoms with E-state index in [9.17, 15) is 4.79 Å². The smallest absolute Gasteiger partial charge is 0.195 e. The summed E-state index contributed by atoms with van der Waals surface area (Å²) in [6.07, 6.45) is 4.27. The van der Waals surface area contributed by atoms with Crippen LogP contribution < -0.4 is 4.74 Å². The Morgan fingerprint density at radius 2 is 1.75 bits per heavy atom. The zero-order chi connectivity index (χ0) is 16.8. The minimum Gasteiger partial charge on any atom is -0.496 e. The Hall–Kier alpha value is -2.65. The topological polar surface area (TPSA) is 26.3 Å². The molecule has 0 bridgehead atoms. The van der Waals surface area contributed by atoms with Crippen molar-refractivity contribution in [3.63, 3.8) is 0 Å². The maximum absolute atomic E-state index is 12.4. The van der Waals surface area contributed by atoms with Crippen LogP contribution in [0.15, 0.2) is 72.8 Å². The van der Waals surface area contributed by atoms with Crippen molar-refractivity contribution in [2.75, 3.05) is 7.11 Å². The second kappa shape index (κ2) is 7.75. The van der Waals surface area contributed by atoms with Crippen molar-refractivity contribution < 1.29 is 9.53 Å². The van der Waals surface area contributed by atoms with Crippen molar-refractivity contribution >= 4 is 23.2 Å². The molecule has 0 aliphatic heterocycles. The first-order chi connectivity index (χ1) is 11.8. The molecular formula is C21H18O2S. The van der Waals surface area contributed by atoms with Crippen molar-refractivity contribution in [2.45, 2.75) is 6.42 Å². The first-order valence-electron chi connectivity index (χ1n) is 7.74. The van der Waals surface area contributed by atoms with E-state index in [1.54, 1.807) is 30.6 Å². The Kier molecular flexibility index (Phi) is 5.24. The van der Waals surface area contributed by atoms with Gasteiger partial charge in [0, 0.05) is 16.9 Å². The molecule has 0 amide bonds. The molecule has 0 radical (unpaired) electrons. The molecule has 0 N–H and O–H groups in total. The average molecular weight is 334 g/mol. The van der Waals surface area contributed by atoms with Crippen LogP contribution in [-0.4, -0.2) is 12.9 Å². The number of allylic oxidation sites excluding steroid dienone is 1. The summed E-state index contributed by atoms with van der Waals surface area (Å²) in [5.41, 5.74) is 2.15. The molecule has 0 fully saturated rings. The lowest BCUT2D eigenvalue weighted by molar-refractivity contribution is 0.105. The van der Waals surface area contributed by atoms with Gasteiger partial charge in [-0.05, 0) is 35.9 Å². The molecule has 3 rings (SSSR count). The normalized spacial score (nSPS) is 10.9. The van der Waals surface area contributed by atoms with Crippen molar-refractivity contribution in [3.8, 4) is 5.75 Å². The highest BCUT2D eigenvalue weighted by Crippen LogP contribution is 2.22. The van der Waals surface area contributed by atoms with E-state index in [1.807, 2.05) is 54.6 Å². The van der Waals surface area contributed by atoms with Gasteiger partial charge in [0.2, 0.25) is 0 Å². The van der Waals surface area contributed by atoms with Crippen LogP contribution in [0.25, 0.3) is 6.08 Å². The van der Waals surface area contributed by atoms with Gasteiger partial charge in [-0.1, -0.05) is 48.5 Å². The van der Waals surface area contributed by atoms with E-state index in [4.69, 9.17) is 4.74 Å². The minimum atomic E-state index is 0.0187. The summed E-state index contributed by atoms with van der Waals surface area (Å²) in [7, 11) is 1.63. The number of para-hydroxylation sites is 1. The van der Waals surface area contributed by atoms with Crippen molar-refractivity contribution in [3.05, 3.63) is 93.7 Å². The van der Waals surface area contributed by atoms with Crippen LogP contribution in [0.1, 0.15) is 25.7 Å². The molecule has 1 heterocycles. The van der Waals surface area contributed by atoms with Gasteiger partial charge in [0.1, 0.15) is 5.75 Å². The van der Waals surface area contributed by atoms with E-state index in [0.717, 1.165) is 22.6 Å². The van der Waals surface area contributed by atoms with Gasteiger partial charge >= 0.3 is 0 Å². The summed E-state index contributed by atoms with van der Waals surface area (Å²) in [4.78, 5) is 14.3. The molecule has 1 aromatic heterocycles. The third-order valence-corrected chi connectivity index (χ3v) is 4.78. The number of carbonyl (C=O) groups is 1. The number of rotatable bonds is 6. The Morgan fingerprint density at radius 1 is 1.00 bits per heavy atom. The predicted octanol–water partition coefficient (Wildman–Crippen LogP) is 5.24. The van der Waals surface area contributed by atoms with Crippen molar-refractivity contribution in [1.29, 1.82) is 0 Å². The molecule has 0 unspecified atom stereocenters. The molecule has 0 spiro atoms. The van der Waals surface area contributed by atoms with Crippen LogP contribution in [-0.2, 0) is 6.42 Å². The zero-order valence-corrected chi connectivity index (χ0v) is 14.3. The SMILES string of the molecule is COc1ccccc1/C=C/C(=O)c1ccc(Cc2ccccc2)s1. The molecule has 3 heteroatoms. The highest BCUT2D eigenvalue weighted by atomic mass is 32.1. The summed E-state index contributed by atoms with van der Waals surface area (Å²) in [6.45, 7) is 0. The second-order valence-electron chi connectivity index (χ2n) is 5.37. The first-order valence-corrected chi connectivity index (χ1v) is 8.56. The van der Waals surface area contributed by atoms with Crippen LogP contribution >= 0.6 is 11.3 Å².